The molecule has 1 rings (SSSR count). The third-order valence-corrected chi connectivity index (χ3v) is 2.29. The van der Waals surface area contributed by atoms with Crippen LogP contribution in [0.2, 0.25) is 0 Å². The molecule has 0 unspecified atom stereocenters. The van der Waals surface area contributed by atoms with Crippen LogP contribution in [0.3, 0.4) is 0 Å². The molecule has 7 nitrogen and oxygen atoms in total. The summed E-state index contributed by atoms with van der Waals surface area (Å²) in [5, 5.41) is 21.3. The van der Waals surface area contributed by atoms with Gasteiger partial charge in [0, 0.05) is 5.38 Å². The summed E-state index contributed by atoms with van der Waals surface area (Å²) in [6, 6.07) is 0. The number of carbonyl (C=O) groups excluding carboxylic acids is 1. The molecule has 0 atom stereocenters. The lowest BCUT2D eigenvalue weighted by Crippen LogP contribution is -2.29. The van der Waals surface area contributed by atoms with Crippen molar-refractivity contribution in [3.8, 4) is 0 Å². The highest BCUT2D eigenvalue weighted by molar-refractivity contribution is 7.14. The van der Waals surface area contributed by atoms with E-state index in [1.807, 2.05) is 0 Å². The van der Waals surface area contributed by atoms with Crippen LogP contribution in [0, 0.1) is 0 Å². The van der Waals surface area contributed by atoms with Crippen LogP contribution >= 0.6 is 11.3 Å². The molecule has 0 aliphatic heterocycles. The summed E-state index contributed by atoms with van der Waals surface area (Å²) in [5.74, 6) is -3.85. The van der Waals surface area contributed by atoms with Gasteiger partial charge in [-0.05, 0) is 0 Å². The monoisotopic (exact) mass is 283 g/mol. The predicted molar refractivity (Wildman–Crippen MR) is 52.8 cm³/mol. The van der Waals surface area contributed by atoms with Crippen molar-refractivity contribution < 1.29 is 33.1 Å². The number of alkyl halides is 3. The number of anilines is 1. The van der Waals surface area contributed by atoms with Gasteiger partial charge in [-0.3, -0.25) is 10.1 Å². The Hall–Kier alpha value is -2.17. The topological polar surface area (TPSA) is 112 Å². The molecule has 11 heteroatoms. The number of nitrogens with one attached hydrogen (secondary N) is 1. The van der Waals surface area contributed by atoms with Crippen LogP contribution in [0.5, 0.6) is 0 Å². The molecule has 1 aromatic heterocycles. The van der Waals surface area contributed by atoms with Gasteiger partial charge in [-0.2, -0.15) is 13.2 Å². The van der Waals surface area contributed by atoms with Gasteiger partial charge in [0.2, 0.25) is 5.71 Å². The fraction of sp³-hybridized carbons (Fsp3) is 0.143. The van der Waals surface area contributed by atoms with Crippen molar-refractivity contribution in [1.82, 2.24) is 4.98 Å². The maximum atomic E-state index is 11.9. The van der Waals surface area contributed by atoms with Crippen LogP contribution in [-0.4, -0.2) is 39.1 Å². The second-order valence-electron chi connectivity index (χ2n) is 2.74. The first-order valence-corrected chi connectivity index (χ1v) is 4.93. The third kappa shape index (κ3) is 3.16. The molecule has 0 aliphatic carbocycles. The fourth-order valence-corrected chi connectivity index (χ4v) is 1.50. The number of hydrogen-bond donors (Lipinski definition) is 3. The van der Waals surface area contributed by atoms with E-state index >= 15 is 0 Å². The zero-order valence-corrected chi connectivity index (χ0v) is 9.04. The summed E-state index contributed by atoms with van der Waals surface area (Å²) in [7, 11) is 0. The lowest BCUT2D eigenvalue weighted by atomic mass is 10.3. The molecule has 98 valence electrons. The number of nitrogens with zero attached hydrogens (tertiary/aromatic N) is 2. The van der Waals surface area contributed by atoms with E-state index in [-0.39, 0.29) is 5.69 Å². The Kier molecular flexibility index (Phi) is 3.86. The van der Waals surface area contributed by atoms with Crippen molar-refractivity contribution in [2.75, 3.05) is 5.32 Å². The summed E-state index contributed by atoms with van der Waals surface area (Å²) in [4.78, 5) is 24.5. The Morgan fingerprint density at radius 3 is 2.50 bits per heavy atom. The molecule has 18 heavy (non-hydrogen) atoms. The first kappa shape index (κ1) is 13.9. The van der Waals surface area contributed by atoms with Gasteiger partial charge < -0.3 is 10.3 Å². The summed E-state index contributed by atoms with van der Waals surface area (Å²) in [6.07, 6.45) is -5.08. The molecule has 0 aromatic carbocycles. The Labute approximate surface area is 101 Å². The number of carbonyl (C=O) groups is 2. The van der Waals surface area contributed by atoms with E-state index in [4.69, 9.17) is 10.3 Å². The smallest absolute Gasteiger partial charge is 0.471 e. The number of carboxylic acids is 1. The maximum absolute atomic E-state index is 11.9. The molecular weight excluding hydrogens is 279 g/mol. The Balaban J connectivity index is 2.88. The highest BCUT2D eigenvalue weighted by Gasteiger charge is 2.39. The number of carboxylic acid groups (broad SMARTS) is 1. The van der Waals surface area contributed by atoms with Crippen LogP contribution in [0.1, 0.15) is 5.69 Å². The number of oxime groups is 1. The van der Waals surface area contributed by atoms with Gasteiger partial charge >= 0.3 is 18.1 Å². The van der Waals surface area contributed by atoms with Gasteiger partial charge in [-0.15, -0.1) is 11.3 Å². The van der Waals surface area contributed by atoms with Gasteiger partial charge in [-0.25, -0.2) is 9.78 Å². The summed E-state index contributed by atoms with van der Waals surface area (Å²) >= 11 is 0.557. The summed E-state index contributed by atoms with van der Waals surface area (Å²) in [6.45, 7) is 0. The van der Waals surface area contributed by atoms with Crippen LogP contribution in [0.4, 0.5) is 18.3 Å². The molecule has 1 heterocycles. The number of halogens is 3. The average Bonchev–Trinajstić information content (AvgIpc) is 2.65. The SMILES string of the molecule is O=C(O)/C(=N\O)c1csc(NC(=O)C(F)(F)F)n1. The van der Waals surface area contributed by atoms with Crippen LogP contribution < -0.4 is 5.32 Å². The minimum Gasteiger partial charge on any atom is -0.476 e. The number of hydrogen-bond acceptors (Lipinski definition) is 6. The van der Waals surface area contributed by atoms with E-state index in [1.165, 1.54) is 5.32 Å². The zero-order valence-electron chi connectivity index (χ0n) is 8.22. The zero-order chi connectivity index (χ0) is 13.9. The van der Waals surface area contributed by atoms with Crippen molar-refractivity contribution in [3.63, 3.8) is 0 Å². The molecule has 0 spiro atoms. The normalized spacial score (nSPS) is 12.3. The van der Waals surface area contributed by atoms with Crippen LogP contribution in [0.25, 0.3) is 0 Å². The lowest BCUT2D eigenvalue weighted by molar-refractivity contribution is -0.167. The molecule has 0 saturated carbocycles. The molecule has 0 bridgehead atoms. The molecule has 0 fully saturated rings. The Morgan fingerprint density at radius 1 is 1.44 bits per heavy atom. The van der Waals surface area contributed by atoms with E-state index < -0.39 is 28.9 Å². The predicted octanol–water partition coefficient (Wildman–Crippen LogP) is 0.907. The van der Waals surface area contributed by atoms with Crippen molar-refractivity contribution in [2.24, 2.45) is 5.16 Å². The number of thiazole rings is 1. The highest BCUT2D eigenvalue weighted by atomic mass is 32.1. The molecule has 1 aromatic rings. The van der Waals surface area contributed by atoms with Gasteiger partial charge in [0.15, 0.2) is 5.13 Å². The third-order valence-electron chi connectivity index (χ3n) is 1.53. The van der Waals surface area contributed by atoms with Crippen molar-refractivity contribution in [3.05, 3.63) is 11.1 Å². The minimum atomic E-state index is -5.08. The number of aliphatic carboxylic acids is 1. The lowest BCUT2D eigenvalue weighted by Gasteiger charge is -2.04. The van der Waals surface area contributed by atoms with Gasteiger partial charge in [0.1, 0.15) is 5.69 Å². The molecule has 1 amide bonds. The molecule has 0 aliphatic rings. The van der Waals surface area contributed by atoms with Gasteiger partial charge in [0.25, 0.3) is 0 Å². The fourth-order valence-electron chi connectivity index (χ4n) is 0.811. The van der Waals surface area contributed by atoms with Crippen molar-refractivity contribution in [2.45, 2.75) is 6.18 Å². The highest BCUT2D eigenvalue weighted by Crippen LogP contribution is 2.21. The minimum absolute atomic E-state index is 0.368. The largest absolute Gasteiger partial charge is 0.476 e. The number of amides is 1. The molecule has 3 N–H and O–H groups in total. The number of aromatic nitrogens is 1. The summed E-state index contributed by atoms with van der Waals surface area (Å²) < 4.78 is 35.7. The Morgan fingerprint density at radius 2 is 2.06 bits per heavy atom. The van der Waals surface area contributed by atoms with Gasteiger partial charge in [0.05, 0.1) is 0 Å². The first-order valence-electron chi connectivity index (χ1n) is 4.05. The molecule has 0 radical (unpaired) electrons. The first-order chi connectivity index (χ1) is 8.25. The average molecular weight is 283 g/mol. The van der Waals surface area contributed by atoms with Crippen molar-refractivity contribution >= 4 is 34.1 Å². The van der Waals surface area contributed by atoms with E-state index in [2.05, 4.69) is 10.1 Å². The van der Waals surface area contributed by atoms with E-state index in [1.54, 1.807) is 0 Å². The van der Waals surface area contributed by atoms with Gasteiger partial charge in [-0.1, -0.05) is 5.16 Å². The summed E-state index contributed by atoms with van der Waals surface area (Å²) in [5.41, 5.74) is -1.22. The molecule has 0 saturated heterocycles. The Bertz CT molecular complexity index is 510. The van der Waals surface area contributed by atoms with E-state index in [9.17, 15) is 22.8 Å². The quantitative estimate of drug-likeness (QED) is 0.433. The van der Waals surface area contributed by atoms with E-state index in [0.29, 0.717) is 11.3 Å². The van der Waals surface area contributed by atoms with Crippen LogP contribution in [0.15, 0.2) is 10.5 Å². The number of rotatable bonds is 3. The standard InChI is InChI=1S/C7H4F3N3O4S/c8-7(9,10)5(16)12-6-11-2(1-18-6)3(13-17)4(14)15/h1,17H,(H,14,15)(H,11,12,16)/b13-3-. The van der Waals surface area contributed by atoms with Crippen molar-refractivity contribution in [1.29, 1.82) is 0 Å². The maximum Gasteiger partial charge on any atom is 0.471 e. The van der Waals surface area contributed by atoms with Crippen LogP contribution in [-0.2, 0) is 9.59 Å². The van der Waals surface area contributed by atoms with E-state index in [0.717, 1.165) is 5.38 Å². The second kappa shape index (κ2) is 5.00. The second-order valence-corrected chi connectivity index (χ2v) is 3.60. The molecular formula is C7H4F3N3O4S.